The number of nitrogens with one attached hydrogen (secondary N) is 1. The van der Waals surface area contributed by atoms with Gasteiger partial charge in [-0.2, -0.15) is 0 Å². The maximum absolute atomic E-state index is 13.2. The number of carbonyl (C=O) groups excluding carboxylic acids is 1. The highest BCUT2D eigenvalue weighted by Crippen LogP contribution is 2.40. The number of para-hydroxylation sites is 1. The smallest absolute Gasteiger partial charge is 0.264 e. The van der Waals surface area contributed by atoms with E-state index in [1.807, 2.05) is 32.0 Å². The third-order valence-corrected chi connectivity index (χ3v) is 6.42. The maximum Gasteiger partial charge on any atom is 0.264 e. The van der Waals surface area contributed by atoms with Crippen molar-refractivity contribution in [2.45, 2.75) is 44.2 Å². The summed E-state index contributed by atoms with van der Waals surface area (Å²) >= 11 is 0. The number of carbonyl (C=O) groups is 1. The van der Waals surface area contributed by atoms with Gasteiger partial charge >= 0.3 is 0 Å². The van der Waals surface area contributed by atoms with Gasteiger partial charge in [-0.25, -0.2) is 8.42 Å². The van der Waals surface area contributed by atoms with Crippen LogP contribution in [0.5, 0.6) is 0 Å². The summed E-state index contributed by atoms with van der Waals surface area (Å²) in [5.74, 6) is -0.123. The van der Waals surface area contributed by atoms with E-state index >= 15 is 0 Å². The Morgan fingerprint density at radius 3 is 2.40 bits per heavy atom. The second-order valence-electron chi connectivity index (χ2n) is 6.51. The molecule has 3 rings (SSSR count). The van der Waals surface area contributed by atoms with Crippen molar-refractivity contribution < 1.29 is 13.2 Å². The van der Waals surface area contributed by atoms with Crippen molar-refractivity contribution >= 4 is 21.6 Å². The van der Waals surface area contributed by atoms with Gasteiger partial charge in [0.2, 0.25) is 5.91 Å². The summed E-state index contributed by atoms with van der Waals surface area (Å²) in [4.78, 5) is 11.8. The zero-order valence-electron chi connectivity index (χ0n) is 14.6. The molecule has 2 atom stereocenters. The van der Waals surface area contributed by atoms with Gasteiger partial charge < -0.3 is 5.32 Å². The highest BCUT2D eigenvalue weighted by Gasteiger charge is 2.37. The molecule has 2 unspecified atom stereocenters. The average Bonchev–Trinajstić information content (AvgIpc) is 2.54. The number of sulfonamides is 1. The highest BCUT2D eigenvalue weighted by molar-refractivity contribution is 7.92. The number of aryl methyl sites for hydroxylation is 1. The van der Waals surface area contributed by atoms with Crippen LogP contribution in [0.25, 0.3) is 0 Å². The highest BCUT2D eigenvalue weighted by atomic mass is 32.2. The Balaban J connectivity index is 2.09. The van der Waals surface area contributed by atoms with Crippen molar-refractivity contribution in [2.24, 2.45) is 0 Å². The number of nitrogens with zero attached hydrogens (tertiary/aromatic N) is 1. The molecule has 0 fully saturated rings. The van der Waals surface area contributed by atoms with Crippen molar-refractivity contribution in [3.63, 3.8) is 0 Å². The molecule has 132 valence electrons. The van der Waals surface area contributed by atoms with Gasteiger partial charge in [-0.05, 0) is 44.0 Å². The first kappa shape index (κ1) is 17.5. The maximum atomic E-state index is 13.2. The fraction of sp³-hybridized carbons (Fsp3) is 0.316. The first-order valence-corrected chi connectivity index (χ1v) is 9.72. The van der Waals surface area contributed by atoms with Crippen LogP contribution in [0.3, 0.4) is 0 Å². The van der Waals surface area contributed by atoms with E-state index in [0.29, 0.717) is 12.1 Å². The number of hydrogen-bond acceptors (Lipinski definition) is 3. The zero-order chi connectivity index (χ0) is 18.2. The fourth-order valence-electron chi connectivity index (χ4n) is 3.36. The van der Waals surface area contributed by atoms with Crippen molar-refractivity contribution in [1.29, 1.82) is 0 Å². The van der Waals surface area contributed by atoms with Gasteiger partial charge in [-0.3, -0.25) is 9.10 Å². The fourth-order valence-corrected chi connectivity index (χ4v) is 5.05. The molecule has 2 aromatic carbocycles. The molecule has 0 saturated carbocycles. The molecular formula is C19H22N2O3S. The Kier molecular flexibility index (Phi) is 4.56. The minimum absolute atomic E-state index is 0.123. The minimum atomic E-state index is -3.67. The van der Waals surface area contributed by atoms with Gasteiger partial charge in [0.25, 0.3) is 10.0 Å². The molecule has 0 spiro atoms. The van der Waals surface area contributed by atoms with Crippen LogP contribution in [0.1, 0.15) is 37.4 Å². The van der Waals surface area contributed by atoms with E-state index in [0.717, 1.165) is 11.1 Å². The standard InChI is InChI=1S/C19H22N2O3S/c1-13-8-10-16(11-9-13)25(23,24)21-14(2)12-18(20-15(3)22)17-6-4-5-7-19(17)21/h4-11,14,18H,12H2,1-3H3,(H,20,22). The lowest BCUT2D eigenvalue weighted by molar-refractivity contribution is -0.119. The Labute approximate surface area is 148 Å². The van der Waals surface area contributed by atoms with Gasteiger partial charge in [0, 0.05) is 13.0 Å². The van der Waals surface area contributed by atoms with E-state index in [1.165, 1.54) is 11.2 Å². The molecule has 1 aliphatic heterocycles. The van der Waals surface area contributed by atoms with Crippen molar-refractivity contribution in [2.75, 3.05) is 4.31 Å². The van der Waals surface area contributed by atoms with Gasteiger partial charge in [0.15, 0.2) is 0 Å². The number of anilines is 1. The summed E-state index contributed by atoms with van der Waals surface area (Å²) in [6.07, 6.45) is 0.529. The molecule has 1 heterocycles. The molecule has 0 radical (unpaired) electrons. The molecule has 2 aromatic rings. The van der Waals surface area contributed by atoms with Crippen LogP contribution in [0.4, 0.5) is 5.69 Å². The van der Waals surface area contributed by atoms with Crippen LogP contribution in [-0.2, 0) is 14.8 Å². The second kappa shape index (κ2) is 6.52. The molecule has 0 saturated heterocycles. The van der Waals surface area contributed by atoms with Crippen LogP contribution in [0, 0.1) is 6.92 Å². The third-order valence-electron chi connectivity index (χ3n) is 4.48. The van der Waals surface area contributed by atoms with Gasteiger partial charge in [0.05, 0.1) is 16.6 Å². The molecule has 1 N–H and O–H groups in total. The first-order valence-electron chi connectivity index (χ1n) is 8.28. The van der Waals surface area contributed by atoms with Crippen molar-refractivity contribution in [3.8, 4) is 0 Å². The van der Waals surface area contributed by atoms with Crippen molar-refractivity contribution in [1.82, 2.24) is 5.32 Å². The van der Waals surface area contributed by atoms with Crippen molar-refractivity contribution in [3.05, 3.63) is 59.7 Å². The van der Waals surface area contributed by atoms with E-state index in [2.05, 4.69) is 5.32 Å². The van der Waals surface area contributed by atoms with E-state index in [9.17, 15) is 13.2 Å². The lowest BCUT2D eigenvalue weighted by Crippen LogP contribution is -2.46. The normalized spacial score (nSPS) is 20.0. The summed E-state index contributed by atoms with van der Waals surface area (Å²) in [5.41, 5.74) is 2.46. The topological polar surface area (TPSA) is 66.5 Å². The Bertz CT molecular complexity index is 891. The predicted octanol–water partition coefficient (Wildman–Crippen LogP) is 3.16. The summed E-state index contributed by atoms with van der Waals surface area (Å²) in [6, 6.07) is 13.8. The quantitative estimate of drug-likeness (QED) is 0.916. The SMILES string of the molecule is CC(=O)NC1CC(C)N(S(=O)(=O)c2ccc(C)cc2)c2ccccc21. The van der Waals surface area contributed by atoms with E-state index in [-0.39, 0.29) is 22.9 Å². The summed E-state index contributed by atoms with van der Waals surface area (Å²) in [7, 11) is -3.67. The molecule has 6 heteroatoms. The number of benzene rings is 2. The molecular weight excluding hydrogens is 336 g/mol. The lowest BCUT2D eigenvalue weighted by Gasteiger charge is -2.39. The molecule has 25 heavy (non-hydrogen) atoms. The molecule has 1 amide bonds. The average molecular weight is 358 g/mol. The van der Waals surface area contributed by atoms with Crippen LogP contribution < -0.4 is 9.62 Å². The van der Waals surface area contributed by atoms with Crippen LogP contribution in [0.2, 0.25) is 0 Å². The summed E-state index contributed by atoms with van der Waals surface area (Å²) in [6.45, 7) is 5.27. The monoisotopic (exact) mass is 358 g/mol. The number of amides is 1. The van der Waals surface area contributed by atoms with E-state index in [4.69, 9.17) is 0 Å². The minimum Gasteiger partial charge on any atom is -0.349 e. The van der Waals surface area contributed by atoms with Gasteiger partial charge in [0.1, 0.15) is 0 Å². The molecule has 0 aliphatic carbocycles. The Morgan fingerprint density at radius 2 is 1.76 bits per heavy atom. The first-order chi connectivity index (χ1) is 11.8. The third kappa shape index (κ3) is 3.26. The Morgan fingerprint density at radius 1 is 1.12 bits per heavy atom. The molecule has 0 bridgehead atoms. The lowest BCUT2D eigenvalue weighted by atomic mass is 9.93. The number of fused-ring (bicyclic) bond motifs is 1. The molecule has 5 nitrogen and oxygen atoms in total. The number of hydrogen-bond donors (Lipinski definition) is 1. The zero-order valence-corrected chi connectivity index (χ0v) is 15.4. The van der Waals surface area contributed by atoms with E-state index < -0.39 is 10.0 Å². The number of rotatable bonds is 3. The Hall–Kier alpha value is -2.34. The molecule has 0 aromatic heterocycles. The molecule has 1 aliphatic rings. The van der Waals surface area contributed by atoms with E-state index in [1.54, 1.807) is 30.3 Å². The second-order valence-corrected chi connectivity index (χ2v) is 8.33. The van der Waals surface area contributed by atoms with Crippen LogP contribution >= 0.6 is 0 Å². The summed E-state index contributed by atoms with van der Waals surface area (Å²) in [5, 5.41) is 2.93. The van der Waals surface area contributed by atoms with Gasteiger partial charge in [-0.1, -0.05) is 35.9 Å². The summed E-state index contributed by atoms with van der Waals surface area (Å²) < 4.78 is 28.0. The predicted molar refractivity (Wildman–Crippen MR) is 97.9 cm³/mol. The van der Waals surface area contributed by atoms with Gasteiger partial charge in [-0.15, -0.1) is 0 Å². The van der Waals surface area contributed by atoms with Crippen LogP contribution in [-0.4, -0.2) is 20.4 Å². The van der Waals surface area contributed by atoms with Crippen LogP contribution in [0.15, 0.2) is 53.4 Å². The largest absolute Gasteiger partial charge is 0.349 e.